The molecule has 2 aliphatic heterocycles. The zero-order valence-electron chi connectivity index (χ0n) is 17.1. The van der Waals surface area contributed by atoms with E-state index in [1.165, 1.54) is 6.07 Å². The van der Waals surface area contributed by atoms with Gasteiger partial charge in [-0.15, -0.1) is 0 Å². The van der Waals surface area contributed by atoms with Gasteiger partial charge in [-0.25, -0.2) is 0 Å². The van der Waals surface area contributed by atoms with Crippen molar-refractivity contribution < 1.29 is 27.8 Å². The van der Waals surface area contributed by atoms with Crippen LogP contribution in [0.5, 0.6) is 5.75 Å². The van der Waals surface area contributed by atoms with E-state index < -0.39 is 17.5 Å². The van der Waals surface area contributed by atoms with Crippen molar-refractivity contribution in [3.63, 3.8) is 0 Å². The van der Waals surface area contributed by atoms with Crippen LogP contribution >= 0.6 is 0 Å². The van der Waals surface area contributed by atoms with E-state index in [0.29, 0.717) is 30.3 Å². The first-order valence-corrected chi connectivity index (χ1v) is 10.4. The molecule has 2 fully saturated rings. The van der Waals surface area contributed by atoms with Crippen molar-refractivity contribution in [2.24, 2.45) is 5.92 Å². The summed E-state index contributed by atoms with van der Waals surface area (Å²) in [5, 5.41) is 10.5. The normalized spacial score (nSPS) is 24.5. The van der Waals surface area contributed by atoms with E-state index in [-0.39, 0.29) is 35.5 Å². The topological polar surface area (TPSA) is 49.8 Å². The molecule has 30 heavy (non-hydrogen) atoms. The van der Waals surface area contributed by atoms with Gasteiger partial charge in [-0.3, -0.25) is 9.69 Å². The molecule has 162 valence electrons. The summed E-state index contributed by atoms with van der Waals surface area (Å²) in [5.41, 5.74) is -0.422. The second-order valence-corrected chi connectivity index (χ2v) is 8.68. The third-order valence-electron chi connectivity index (χ3n) is 6.32. The van der Waals surface area contributed by atoms with Gasteiger partial charge in [-0.05, 0) is 56.5 Å². The summed E-state index contributed by atoms with van der Waals surface area (Å²) in [6.45, 7) is 4.02. The molecule has 2 atom stereocenters. The van der Waals surface area contributed by atoms with E-state index >= 15 is 0 Å². The molecule has 0 amide bonds. The molecule has 0 aliphatic carbocycles. The van der Waals surface area contributed by atoms with Gasteiger partial charge < -0.3 is 9.84 Å². The molecule has 4 nitrogen and oxygen atoms in total. The molecule has 0 spiro atoms. The van der Waals surface area contributed by atoms with Crippen LogP contribution in [0.2, 0.25) is 0 Å². The van der Waals surface area contributed by atoms with E-state index in [1.807, 2.05) is 13.8 Å². The van der Waals surface area contributed by atoms with Crippen LogP contribution in [0.15, 0.2) is 30.3 Å². The van der Waals surface area contributed by atoms with Crippen LogP contribution in [0.1, 0.15) is 50.7 Å². The second kappa shape index (κ2) is 7.76. The number of fused-ring (bicyclic) bond motifs is 3. The van der Waals surface area contributed by atoms with Gasteiger partial charge in [0.1, 0.15) is 11.3 Å². The number of nitrogens with zero attached hydrogens (tertiary/aromatic N) is 1. The summed E-state index contributed by atoms with van der Waals surface area (Å²) >= 11 is 0. The molecule has 0 radical (unpaired) electrons. The molecule has 4 rings (SSSR count). The SMILES string of the molecule is CC(C)OC(=O)C1CC2CCC(C1)N2Cc1cccc2ccc(O)c(C(F)(F)F)c12. The van der Waals surface area contributed by atoms with Crippen LogP contribution < -0.4 is 0 Å². The number of hydrogen-bond acceptors (Lipinski definition) is 4. The summed E-state index contributed by atoms with van der Waals surface area (Å²) in [4.78, 5) is 14.6. The minimum Gasteiger partial charge on any atom is -0.507 e. The number of halogens is 3. The lowest BCUT2D eigenvalue weighted by atomic mass is 9.89. The van der Waals surface area contributed by atoms with E-state index in [2.05, 4.69) is 4.90 Å². The number of aromatic hydroxyl groups is 1. The van der Waals surface area contributed by atoms with Crippen molar-refractivity contribution in [3.05, 3.63) is 41.5 Å². The minimum atomic E-state index is -4.65. The van der Waals surface area contributed by atoms with Crippen molar-refractivity contribution in [2.75, 3.05) is 0 Å². The summed E-state index contributed by atoms with van der Waals surface area (Å²) in [5.74, 6) is -1.07. The number of phenolic OH excluding ortho intramolecular Hbond substituents is 1. The van der Waals surface area contributed by atoms with Crippen molar-refractivity contribution in [2.45, 2.75) is 70.4 Å². The van der Waals surface area contributed by atoms with Crippen LogP contribution in [0.4, 0.5) is 13.2 Å². The molecule has 2 unspecified atom stereocenters. The maximum Gasteiger partial charge on any atom is 0.420 e. The average Bonchev–Trinajstić information content (AvgIpc) is 2.88. The molecule has 0 saturated carbocycles. The number of ether oxygens (including phenoxy) is 1. The van der Waals surface area contributed by atoms with Gasteiger partial charge in [0.2, 0.25) is 0 Å². The largest absolute Gasteiger partial charge is 0.507 e. The molecular weight excluding hydrogens is 395 g/mol. The Labute approximate surface area is 173 Å². The quantitative estimate of drug-likeness (QED) is 0.685. The standard InChI is InChI=1S/C23H26F3NO3/c1-13(2)30-22(29)16-10-17-7-8-18(11-16)27(17)12-15-5-3-4-14-6-9-19(28)21(20(14)15)23(24,25)26/h3-6,9,13,16-18,28H,7-8,10-12H2,1-2H3. The fourth-order valence-corrected chi connectivity index (χ4v) is 5.11. The minimum absolute atomic E-state index is 0.0609. The fraction of sp³-hybridized carbons (Fsp3) is 0.522. The Kier molecular flexibility index (Phi) is 5.43. The summed E-state index contributed by atoms with van der Waals surface area (Å²) in [7, 11) is 0. The highest BCUT2D eigenvalue weighted by atomic mass is 19.4. The Hall–Kier alpha value is -2.28. The van der Waals surface area contributed by atoms with Crippen molar-refractivity contribution in [1.29, 1.82) is 0 Å². The van der Waals surface area contributed by atoms with Crippen LogP contribution in [-0.4, -0.2) is 34.2 Å². The molecule has 2 saturated heterocycles. The Morgan fingerprint density at radius 3 is 2.43 bits per heavy atom. The molecule has 7 heteroatoms. The number of alkyl halides is 3. The predicted molar refractivity (Wildman–Crippen MR) is 107 cm³/mol. The van der Waals surface area contributed by atoms with Gasteiger partial charge in [-0.2, -0.15) is 13.2 Å². The number of esters is 1. The van der Waals surface area contributed by atoms with Crippen LogP contribution in [0.3, 0.4) is 0 Å². The maximum atomic E-state index is 13.7. The Morgan fingerprint density at radius 1 is 1.17 bits per heavy atom. The molecule has 2 aromatic carbocycles. The molecule has 0 aromatic heterocycles. The first-order chi connectivity index (χ1) is 14.1. The number of carbonyl (C=O) groups excluding carboxylic acids is 1. The van der Waals surface area contributed by atoms with Crippen molar-refractivity contribution in [1.82, 2.24) is 4.90 Å². The first kappa shape index (κ1) is 21.0. The molecule has 2 heterocycles. The highest BCUT2D eigenvalue weighted by Crippen LogP contribution is 2.44. The molecule has 2 aromatic rings. The number of piperidine rings is 1. The zero-order chi connectivity index (χ0) is 21.6. The van der Waals surface area contributed by atoms with Crippen LogP contribution in [0.25, 0.3) is 10.8 Å². The number of benzene rings is 2. The van der Waals surface area contributed by atoms with E-state index in [0.717, 1.165) is 18.9 Å². The van der Waals surface area contributed by atoms with Crippen LogP contribution in [0, 0.1) is 5.92 Å². The van der Waals surface area contributed by atoms with Gasteiger partial charge in [0, 0.05) is 24.0 Å². The van der Waals surface area contributed by atoms with E-state index in [1.54, 1.807) is 18.2 Å². The predicted octanol–water partition coefficient (Wildman–Crippen LogP) is 5.26. The van der Waals surface area contributed by atoms with Crippen molar-refractivity contribution >= 4 is 16.7 Å². The van der Waals surface area contributed by atoms with Crippen LogP contribution in [-0.2, 0) is 22.3 Å². The number of phenols is 1. The van der Waals surface area contributed by atoms with Gasteiger partial charge >= 0.3 is 12.1 Å². The Bertz CT molecular complexity index is 943. The maximum absolute atomic E-state index is 13.7. The van der Waals surface area contributed by atoms with Crippen molar-refractivity contribution in [3.8, 4) is 5.75 Å². The fourth-order valence-electron chi connectivity index (χ4n) is 5.11. The van der Waals surface area contributed by atoms with E-state index in [4.69, 9.17) is 4.74 Å². The smallest absolute Gasteiger partial charge is 0.420 e. The average molecular weight is 421 g/mol. The first-order valence-electron chi connectivity index (χ1n) is 10.4. The third-order valence-corrected chi connectivity index (χ3v) is 6.32. The highest BCUT2D eigenvalue weighted by Gasteiger charge is 2.44. The van der Waals surface area contributed by atoms with Gasteiger partial charge in [0.15, 0.2) is 0 Å². The lowest BCUT2D eigenvalue weighted by molar-refractivity contribution is -0.155. The molecule has 1 N–H and O–H groups in total. The Balaban J connectivity index is 1.63. The van der Waals surface area contributed by atoms with Gasteiger partial charge in [-0.1, -0.05) is 24.3 Å². The van der Waals surface area contributed by atoms with Gasteiger partial charge in [0.25, 0.3) is 0 Å². The highest BCUT2D eigenvalue weighted by molar-refractivity contribution is 5.91. The number of carbonyl (C=O) groups is 1. The lowest BCUT2D eigenvalue weighted by Gasteiger charge is -2.38. The molecule has 2 aliphatic rings. The monoisotopic (exact) mass is 421 g/mol. The second-order valence-electron chi connectivity index (χ2n) is 8.68. The van der Waals surface area contributed by atoms with E-state index in [9.17, 15) is 23.1 Å². The Morgan fingerprint density at radius 2 is 1.83 bits per heavy atom. The summed E-state index contributed by atoms with van der Waals surface area (Å²) in [6.07, 6.45) is -1.60. The molecule has 2 bridgehead atoms. The van der Waals surface area contributed by atoms with Gasteiger partial charge in [0.05, 0.1) is 12.0 Å². The number of hydrogen-bond donors (Lipinski definition) is 1. The summed E-state index contributed by atoms with van der Waals surface area (Å²) < 4.78 is 46.5. The lowest BCUT2D eigenvalue weighted by Crippen LogP contribution is -2.44. The summed E-state index contributed by atoms with van der Waals surface area (Å²) in [6, 6.07) is 8.01. The molecular formula is C23H26F3NO3. The zero-order valence-corrected chi connectivity index (χ0v) is 17.1. The number of rotatable bonds is 4. The third kappa shape index (κ3) is 3.87.